The van der Waals surface area contributed by atoms with Gasteiger partial charge in [-0.3, -0.25) is 9.05 Å². The third kappa shape index (κ3) is 4.07. The van der Waals surface area contributed by atoms with Gasteiger partial charge in [-0.2, -0.15) is 5.26 Å². The van der Waals surface area contributed by atoms with E-state index >= 15 is 0 Å². The SMILES string of the molecule is CCOP(=O)(OCC)Oc1cc(C)c(C#N)c(C)c1. The molecule has 1 aromatic carbocycles. The molecule has 0 amide bonds. The minimum Gasteiger partial charge on any atom is -0.404 e. The summed E-state index contributed by atoms with van der Waals surface area (Å²) in [6.07, 6.45) is 0. The first-order valence-electron chi connectivity index (χ1n) is 6.05. The summed E-state index contributed by atoms with van der Waals surface area (Å²) in [6.45, 7) is 7.47. The molecule has 1 rings (SSSR count). The van der Waals surface area contributed by atoms with E-state index in [1.165, 1.54) is 0 Å². The van der Waals surface area contributed by atoms with Crippen molar-refractivity contribution in [1.29, 1.82) is 5.26 Å². The normalized spacial score (nSPS) is 11.1. The van der Waals surface area contributed by atoms with Gasteiger partial charge in [0.1, 0.15) is 5.75 Å². The van der Waals surface area contributed by atoms with Crippen molar-refractivity contribution in [1.82, 2.24) is 0 Å². The van der Waals surface area contributed by atoms with Gasteiger partial charge in [0.25, 0.3) is 0 Å². The van der Waals surface area contributed by atoms with Crippen LogP contribution in [0, 0.1) is 25.2 Å². The van der Waals surface area contributed by atoms with Gasteiger partial charge in [-0.1, -0.05) is 0 Å². The molecule has 0 aliphatic heterocycles. The lowest BCUT2D eigenvalue weighted by atomic mass is 10.0. The maximum Gasteiger partial charge on any atom is 0.530 e. The van der Waals surface area contributed by atoms with Crippen LogP contribution in [0.3, 0.4) is 0 Å². The van der Waals surface area contributed by atoms with E-state index in [1.54, 1.807) is 39.8 Å². The third-order valence-corrected chi connectivity index (χ3v) is 3.99. The number of benzene rings is 1. The molecule has 0 spiro atoms. The molecule has 0 aliphatic rings. The number of nitriles is 1. The van der Waals surface area contributed by atoms with Gasteiger partial charge in [-0.25, -0.2) is 4.57 Å². The first-order valence-corrected chi connectivity index (χ1v) is 7.51. The second-order valence-electron chi connectivity index (χ2n) is 3.92. The summed E-state index contributed by atoms with van der Waals surface area (Å²) in [4.78, 5) is 0. The van der Waals surface area contributed by atoms with Crippen LogP contribution in [0.4, 0.5) is 0 Å². The van der Waals surface area contributed by atoms with Crippen molar-refractivity contribution in [3.63, 3.8) is 0 Å². The van der Waals surface area contributed by atoms with Crippen molar-refractivity contribution in [3.8, 4) is 11.8 Å². The van der Waals surface area contributed by atoms with E-state index in [2.05, 4.69) is 6.07 Å². The summed E-state index contributed by atoms with van der Waals surface area (Å²) < 4.78 is 27.7. The molecule has 6 heteroatoms. The zero-order valence-corrected chi connectivity index (χ0v) is 12.5. The Hall–Kier alpha value is -1.34. The molecule has 19 heavy (non-hydrogen) atoms. The molecule has 0 bridgehead atoms. The molecule has 0 radical (unpaired) electrons. The number of aryl methyl sites for hydroxylation is 2. The van der Waals surface area contributed by atoms with E-state index in [4.69, 9.17) is 18.8 Å². The van der Waals surface area contributed by atoms with Crippen molar-refractivity contribution in [3.05, 3.63) is 28.8 Å². The van der Waals surface area contributed by atoms with E-state index in [0.717, 1.165) is 11.1 Å². The van der Waals surface area contributed by atoms with Crippen molar-refractivity contribution >= 4 is 7.82 Å². The van der Waals surface area contributed by atoms with Gasteiger partial charge in [0.2, 0.25) is 0 Å². The number of nitrogens with zero attached hydrogens (tertiary/aromatic N) is 1. The fourth-order valence-electron chi connectivity index (χ4n) is 1.69. The van der Waals surface area contributed by atoms with Crippen LogP contribution >= 0.6 is 7.82 Å². The zero-order chi connectivity index (χ0) is 14.5. The maximum absolute atomic E-state index is 12.2. The highest BCUT2D eigenvalue weighted by Crippen LogP contribution is 2.49. The summed E-state index contributed by atoms with van der Waals surface area (Å²) in [5, 5.41) is 9.00. The number of phosphoric acid groups is 1. The highest BCUT2D eigenvalue weighted by molar-refractivity contribution is 7.48. The molecule has 0 atom stereocenters. The zero-order valence-electron chi connectivity index (χ0n) is 11.6. The van der Waals surface area contributed by atoms with Crippen LogP contribution in [0.5, 0.6) is 5.75 Å². The van der Waals surface area contributed by atoms with Crippen LogP contribution in [0.1, 0.15) is 30.5 Å². The first-order chi connectivity index (χ1) is 8.95. The summed E-state index contributed by atoms with van der Waals surface area (Å²) in [5.41, 5.74) is 2.11. The van der Waals surface area contributed by atoms with Crippen molar-refractivity contribution in [2.75, 3.05) is 13.2 Å². The first kappa shape index (κ1) is 15.7. The van der Waals surface area contributed by atoms with E-state index < -0.39 is 7.82 Å². The fraction of sp³-hybridized carbons (Fsp3) is 0.462. The largest absolute Gasteiger partial charge is 0.530 e. The van der Waals surface area contributed by atoms with Crippen molar-refractivity contribution in [2.45, 2.75) is 27.7 Å². The van der Waals surface area contributed by atoms with E-state index in [9.17, 15) is 4.57 Å². The maximum atomic E-state index is 12.2. The van der Waals surface area contributed by atoms with Crippen molar-refractivity contribution < 1.29 is 18.1 Å². The second-order valence-corrected chi connectivity index (χ2v) is 5.51. The van der Waals surface area contributed by atoms with Crippen LogP contribution in [-0.4, -0.2) is 13.2 Å². The quantitative estimate of drug-likeness (QED) is 0.744. The number of hydrogen-bond acceptors (Lipinski definition) is 5. The Bertz CT molecular complexity index is 503. The molecule has 0 heterocycles. The molecule has 0 aromatic heterocycles. The standard InChI is InChI=1S/C13H18NO4P/c1-5-16-19(15,17-6-2)18-12-7-10(3)13(9-14)11(4)8-12/h7-8H,5-6H2,1-4H3. The average Bonchev–Trinajstić information content (AvgIpc) is 2.28. The highest BCUT2D eigenvalue weighted by atomic mass is 31.2. The molecule has 104 valence electrons. The average molecular weight is 283 g/mol. The Morgan fingerprint density at radius 2 is 1.63 bits per heavy atom. The Labute approximate surface area is 113 Å². The fourth-order valence-corrected chi connectivity index (χ4v) is 2.86. The van der Waals surface area contributed by atoms with Crippen LogP contribution in [-0.2, 0) is 13.6 Å². The van der Waals surface area contributed by atoms with Crippen molar-refractivity contribution in [2.24, 2.45) is 0 Å². The molecule has 0 saturated carbocycles. The van der Waals surface area contributed by atoms with E-state index in [0.29, 0.717) is 11.3 Å². The predicted octanol–water partition coefficient (Wildman–Crippen LogP) is 3.74. The lowest BCUT2D eigenvalue weighted by Crippen LogP contribution is -2.03. The number of phosphoric ester groups is 1. The lowest BCUT2D eigenvalue weighted by molar-refractivity contribution is 0.167. The monoisotopic (exact) mass is 283 g/mol. The minimum absolute atomic E-state index is 0.228. The molecule has 0 N–H and O–H groups in total. The number of rotatable bonds is 6. The topological polar surface area (TPSA) is 68.6 Å². The summed E-state index contributed by atoms with van der Waals surface area (Å²) >= 11 is 0. The molecule has 0 aliphatic carbocycles. The molecular formula is C13H18NO4P. The number of hydrogen-bond donors (Lipinski definition) is 0. The van der Waals surface area contributed by atoms with Gasteiger partial charge in [0.05, 0.1) is 24.8 Å². The van der Waals surface area contributed by atoms with Crippen LogP contribution in [0.25, 0.3) is 0 Å². The second kappa shape index (κ2) is 6.72. The predicted molar refractivity (Wildman–Crippen MR) is 72.1 cm³/mol. The molecule has 5 nitrogen and oxygen atoms in total. The summed E-state index contributed by atoms with van der Waals surface area (Å²) in [6, 6.07) is 5.41. The van der Waals surface area contributed by atoms with Gasteiger partial charge in [-0.05, 0) is 51.0 Å². The van der Waals surface area contributed by atoms with Crippen LogP contribution in [0.2, 0.25) is 0 Å². The molecular weight excluding hydrogens is 265 g/mol. The van der Waals surface area contributed by atoms with Gasteiger partial charge >= 0.3 is 7.82 Å². The van der Waals surface area contributed by atoms with Crippen LogP contribution in [0.15, 0.2) is 12.1 Å². The van der Waals surface area contributed by atoms with Gasteiger partial charge < -0.3 is 4.52 Å². The Morgan fingerprint density at radius 1 is 1.16 bits per heavy atom. The summed E-state index contributed by atoms with van der Waals surface area (Å²) in [7, 11) is -3.59. The minimum atomic E-state index is -3.59. The Kier molecular flexibility index (Phi) is 5.56. The Balaban J connectivity index is 3.05. The molecule has 0 fully saturated rings. The van der Waals surface area contributed by atoms with Gasteiger partial charge in [0.15, 0.2) is 0 Å². The molecule has 1 aromatic rings. The lowest BCUT2D eigenvalue weighted by Gasteiger charge is -2.18. The van der Waals surface area contributed by atoms with E-state index in [1.807, 2.05) is 0 Å². The molecule has 0 saturated heterocycles. The van der Waals surface area contributed by atoms with Gasteiger partial charge in [0, 0.05) is 0 Å². The smallest absolute Gasteiger partial charge is 0.404 e. The summed E-state index contributed by atoms with van der Waals surface area (Å²) in [5.74, 6) is 0.374. The van der Waals surface area contributed by atoms with Gasteiger partial charge in [-0.15, -0.1) is 0 Å². The van der Waals surface area contributed by atoms with E-state index in [-0.39, 0.29) is 13.2 Å². The highest BCUT2D eigenvalue weighted by Gasteiger charge is 2.27. The Morgan fingerprint density at radius 3 is 2.00 bits per heavy atom. The van der Waals surface area contributed by atoms with Crippen LogP contribution < -0.4 is 4.52 Å². The molecule has 0 unspecified atom stereocenters. The third-order valence-electron chi connectivity index (χ3n) is 2.41.